The first-order valence-corrected chi connectivity index (χ1v) is 6.52. The van der Waals surface area contributed by atoms with Crippen molar-refractivity contribution in [2.24, 2.45) is 5.73 Å². The van der Waals surface area contributed by atoms with Crippen LogP contribution in [0.25, 0.3) is 0 Å². The normalized spacial score (nSPS) is 10.7. The Morgan fingerprint density at radius 3 is 2.74 bits per heavy atom. The molecule has 2 N–H and O–H groups in total. The van der Waals surface area contributed by atoms with E-state index < -0.39 is 0 Å². The van der Waals surface area contributed by atoms with Gasteiger partial charge in [-0.1, -0.05) is 22.8 Å². The molecule has 0 fully saturated rings. The van der Waals surface area contributed by atoms with Gasteiger partial charge in [-0.15, -0.1) is 0 Å². The highest BCUT2D eigenvalue weighted by molar-refractivity contribution is 6.32. The summed E-state index contributed by atoms with van der Waals surface area (Å²) in [6, 6.07) is 5.73. The third-order valence-corrected chi connectivity index (χ3v) is 3.28. The molecular weight excluding hydrogens is 264 g/mol. The number of nitrogens with zero attached hydrogens (tertiary/aromatic N) is 1. The third kappa shape index (κ3) is 3.28. The second kappa shape index (κ2) is 6.08. The van der Waals surface area contributed by atoms with Gasteiger partial charge in [0.05, 0.1) is 16.3 Å². The Morgan fingerprint density at radius 2 is 2.16 bits per heavy atom. The van der Waals surface area contributed by atoms with Crippen molar-refractivity contribution < 1.29 is 9.26 Å². The number of nitrogens with two attached hydrogens (primary N) is 1. The average molecular weight is 281 g/mol. The van der Waals surface area contributed by atoms with Gasteiger partial charge in [-0.25, -0.2) is 0 Å². The van der Waals surface area contributed by atoms with E-state index in [4.69, 9.17) is 26.6 Å². The first-order valence-electron chi connectivity index (χ1n) is 6.15. The van der Waals surface area contributed by atoms with Crippen molar-refractivity contribution in [3.63, 3.8) is 0 Å². The summed E-state index contributed by atoms with van der Waals surface area (Å²) in [5, 5.41) is 4.48. The second-order valence-corrected chi connectivity index (χ2v) is 4.80. The van der Waals surface area contributed by atoms with E-state index >= 15 is 0 Å². The predicted octanol–water partition coefficient (Wildman–Crippen LogP) is 3.03. The first kappa shape index (κ1) is 13.9. The highest BCUT2D eigenvalue weighted by Crippen LogP contribution is 2.27. The summed E-state index contributed by atoms with van der Waals surface area (Å²) >= 11 is 6.18. The molecule has 19 heavy (non-hydrogen) atoms. The monoisotopic (exact) mass is 280 g/mol. The molecule has 0 aliphatic carbocycles. The number of aryl methyl sites for hydroxylation is 2. The van der Waals surface area contributed by atoms with Crippen molar-refractivity contribution in [3.05, 3.63) is 45.8 Å². The summed E-state index contributed by atoms with van der Waals surface area (Å²) in [5.41, 5.74) is 8.42. The number of hydrogen-bond donors (Lipinski definition) is 1. The molecule has 5 heteroatoms. The topological polar surface area (TPSA) is 61.3 Å². The standard InChI is InChI=1S/C14H17ClN2O2/c1-9-12(10(2)19-17-9)8-18-14-4-3-11(5-6-16)7-13(14)15/h3-4,7H,5-6,8,16H2,1-2H3. The lowest BCUT2D eigenvalue weighted by molar-refractivity contribution is 0.302. The Kier molecular flexibility index (Phi) is 4.45. The van der Waals surface area contributed by atoms with Crippen LogP contribution in [0.4, 0.5) is 0 Å². The SMILES string of the molecule is Cc1noc(C)c1COc1ccc(CCN)cc1Cl. The lowest BCUT2D eigenvalue weighted by atomic mass is 10.1. The highest BCUT2D eigenvalue weighted by Gasteiger charge is 2.10. The number of aromatic nitrogens is 1. The number of hydrogen-bond acceptors (Lipinski definition) is 4. The predicted molar refractivity (Wildman–Crippen MR) is 74.5 cm³/mol. The Bertz CT molecular complexity index is 547. The number of rotatable bonds is 5. The molecule has 102 valence electrons. The number of ether oxygens (including phenoxy) is 1. The summed E-state index contributed by atoms with van der Waals surface area (Å²) in [5.74, 6) is 1.43. The molecule has 0 aliphatic heterocycles. The van der Waals surface area contributed by atoms with Gasteiger partial charge in [-0.2, -0.15) is 0 Å². The van der Waals surface area contributed by atoms with Crippen molar-refractivity contribution >= 4 is 11.6 Å². The van der Waals surface area contributed by atoms with Gasteiger partial charge < -0.3 is 15.0 Å². The summed E-state index contributed by atoms with van der Waals surface area (Å²) < 4.78 is 10.8. The lowest BCUT2D eigenvalue weighted by Gasteiger charge is -2.09. The minimum absolute atomic E-state index is 0.400. The molecule has 0 saturated carbocycles. The van der Waals surface area contributed by atoms with Crippen molar-refractivity contribution in [1.82, 2.24) is 5.16 Å². The van der Waals surface area contributed by atoms with Gasteiger partial charge in [0.2, 0.25) is 0 Å². The Hall–Kier alpha value is -1.52. The molecular formula is C14H17ClN2O2. The van der Waals surface area contributed by atoms with E-state index in [1.54, 1.807) is 0 Å². The molecule has 0 amide bonds. The van der Waals surface area contributed by atoms with Crippen LogP contribution in [0, 0.1) is 13.8 Å². The molecule has 2 aromatic rings. The number of benzene rings is 1. The number of halogens is 1. The summed E-state index contributed by atoms with van der Waals surface area (Å²) in [4.78, 5) is 0. The summed E-state index contributed by atoms with van der Waals surface area (Å²) in [6.07, 6.45) is 0.809. The highest BCUT2D eigenvalue weighted by atomic mass is 35.5. The maximum absolute atomic E-state index is 6.18. The van der Waals surface area contributed by atoms with Crippen LogP contribution in [-0.4, -0.2) is 11.7 Å². The van der Waals surface area contributed by atoms with Crippen LogP contribution in [0.3, 0.4) is 0 Å². The van der Waals surface area contributed by atoms with E-state index in [0.717, 1.165) is 29.0 Å². The smallest absolute Gasteiger partial charge is 0.140 e. The zero-order chi connectivity index (χ0) is 13.8. The molecule has 0 unspecified atom stereocenters. The molecule has 1 heterocycles. The lowest BCUT2D eigenvalue weighted by Crippen LogP contribution is -2.03. The molecule has 0 radical (unpaired) electrons. The fourth-order valence-electron chi connectivity index (χ4n) is 1.84. The third-order valence-electron chi connectivity index (χ3n) is 2.98. The van der Waals surface area contributed by atoms with Crippen LogP contribution in [0.5, 0.6) is 5.75 Å². The van der Waals surface area contributed by atoms with E-state index in [2.05, 4.69) is 5.16 Å². The molecule has 1 aromatic carbocycles. The van der Waals surface area contributed by atoms with E-state index in [1.165, 1.54) is 0 Å². The van der Waals surface area contributed by atoms with Gasteiger partial charge in [0.15, 0.2) is 0 Å². The first-order chi connectivity index (χ1) is 9.11. The van der Waals surface area contributed by atoms with E-state index in [0.29, 0.717) is 23.9 Å². The van der Waals surface area contributed by atoms with Gasteiger partial charge in [0.1, 0.15) is 18.1 Å². The Balaban J connectivity index is 2.08. The second-order valence-electron chi connectivity index (χ2n) is 4.39. The van der Waals surface area contributed by atoms with Crippen molar-refractivity contribution in [2.45, 2.75) is 26.9 Å². The van der Waals surface area contributed by atoms with E-state index in [1.807, 2.05) is 32.0 Å². The molecule has 1 aromatic heterocycles. The van der Waals surface area contributed by atoms with Crippen LogP contribution in [0.1, 0.15) is 22.6 Å². The van der Waals surface area contributed by atoms with Gasteiger partial charge >= 0.3 is 0 Å². The maximum Gasteiger partial charge on any atom is 0.140 e. The molecule has 0 spiro atoms. The van der Waals surface area contributed by atoms with Crippen molar-refractivity contribution in [2.75, 3.05) is 6.54 Å². The minimum atomic E-state index is 0.400. The zero-order valence-corrected chi connectivity index (χ0v) is 11.8. The van der Waals surface area contributed by atoms with Crippen molar-refractivity contribution in [1.29, 1.82) is 0 Å². The largest absolute Gasteiger partial charge is 0.487 e. The molecule has 0 saturated heterocycles. The van der Waals surface area contributed by atoms with E-state index in [9.17, 15) is 0 Å². The van der Waals surface area contributed by atoms with Crippen LogP contribution in [0.15, 0.2) is 22.7 Å². The van der Waals surface area contributed by atoms with Gasteiger partial charge in [0, 0.05) is 0 Å². The van der Waals surface area contributed by atoms with E-state index in [-0.39, 0.29) is 0 Å². The van der Waals surface area contributed by atoms with Crippen molar-refractivity contribution in [3.8, 4) is 5.75 Å². The van der Waals surface area contributed by atoms with Gasteiger partial charge in [-0.05, 0) is 44.5 Å². The molecule has 0 aliphatic rings. The Morgan fingerprint density at radius 1 is 1.37 bits per heavy atom. The van der Waals surface area contributed by atoms with Gasteiger partial charge in [0.25, 0.3) is 0 Å². The zero-order valence-electron chi connectivity index (χ0n) is 11.1. The maximum atomic E-state index is 6.18. The van der Waals surface area contributed by atoms with Crippen LogP contribution < -0.4 is 10.5 Å². The Labute approximate surface area is 117 Å². The van der Waals surface area contributed by atoms with Crippen LogP contribution in [0.2, 0.25) is 5.02 Å². The van der Waals surface area contributed by atoms with Gasteiger partial charge in [-0.3, -0.25) is 0 Å². The summed E-state index contributed by atoms with van der Waals surface area (Å²) in [6.45, 7) is 4.76. The molecule has 2 rings (SSSR count). The molecule has 0 bridgehead atoms. The quantitative estimate of drug-likeness (QED) is 0.914. The molecule has 0 atom stereocenters. The fraction of sp³-hybridized carbons (Fsp3) is 0.357. The fourth-order valence-corrected chi connectivity index (χ4v) is 2.10. The molecule has 4 nitrogen and oxygen atoms in total. The minimum Gasteiger partial charge on any atom is -0.487 e. The van der Waals surface area contributed by atoms with Crippen LogP contribution in [-0.2, 0) is 13.0 Å². The van der Waals surface area contributed by atoms with Crippen LogP contribution >= 0.6 is 11.6 Å². The average Bonchev–Trinajstić information content (AvgIpc) is 2.69. The summed E-state index contributed by atoms with van der Waals surface area (Å²) in [7, 11) is 0.